The van der Waals surface area contributed by atoms with E-state index in [2.05, 4.69) is 15.0 Å². The number of likely N-dealkylation sites (tertiary alicyclic amines) is 1. The van der Waals surface area contributed by atoms with Gasteiger partial charge in [0.1, 0.15) is 30.3 Å². The Morgan fingerprint density at radius 1 is 1.02 bits per heavy atom. The molecule has 0 atom stereocenters. The van der Waals surface area contributed by atoms with E-state index in [9.17, 15) is 22.8 Å². The van der Waals surface area contributed by atoms with Gasteiger partial charge in [-0.05, 0) is 44.1 Å². The van der Waals surface area contributed by atoms with Gasteiger partial charge in [-0.3, -0.25) is 19.2 Å². The fourth-order valence-corrected chi connectivity index (χ4v) is 5.03. The number of amides is 1. The van der Waals surface area contributed by atoms with E-state index in [1.807, 2.05) is 0 Å². The molecule has 0 spiro atoms. The Morgan fingerprint density at radius 3 is 2.55 bits per heavy atom. The predicted octanol–water partition coefficient (Wildman–Crippen LogP) is 3.60. The third-order valence-corrected chi connectivity index (χ3v) is 7.19. The highest BCUT2D eigenvalue weighted by Gasteiger charge is 2.33. The number of carbonyl (C=O) groups is 2. The van der Waals surface area contributed by atoms with E-state index < -0.39 is 17.7 Å². The molecule has 0 aliphatic carbocycles. The van der Waals surface area contributed by atoms with E-state index in [0.717, 1.165) is 38.5 Å². The third kappa shape index (κ3) is 6.97. The lowest BCUT2D eigenvalue weighted by atomic mass is 10.0. The van der Waals surface area contributed by atoms with Gasteiger partial charge in [0.2, 0.25) is 5.91 Å². The molecular weight excluding hydrogens is 527 g/mol. The number of morpholine rings is 1. The first-order valence-electron chi connectivity index (χ1n) is 13.5. The number of carbonyl (C=O) groups excluding carboxylic acids is 2. The quantitative estimate of drug-likeness (QED) is 0.370. The zero-order chi connectivity index (χ0) is 28.1. The van der Waals surface area contributed by atoms with Crippen LogP contribution >= 0.6 is 0 Å². The first kappa shape index (κ1) is 28.0. The van der Waals surface area contributed by atoms with Crippen LogP contribution in [0.1, 0.15) is 41.0 Å². The maximum Gasteiger partial charge on any atom is 0.433 e. The molecule has 1 aromatic carbocycles. The summed E-state index contributed by atoms with van der Waals surface area (Å²) < 4.78 is 52.5. The largest absolute Gasteiger partial charge is 0.492 e. The van der Waals surface area contributed by atoms with Crippen molar-refractivity contribution in [2.45, 2.75) is 38.4 Å². The standard InChI is InChI=1S/C28H32F3N5O4/c29-28(30,31)26-6-4-5-22(32-26)24(37)16-20-15-21-18-36(19-27(38)35-10-12-39-13-11-35)33-23(21)17-25(20)40-14-9-34-7-2-1-3-8-34/h4-6,15,17-18H,1-3,7-14,16,19H2. The number of Topliss-reactive ketones (excluding diaryl/α,β-unsaturated/α-hetero) is 1. The monoisotopic (exact) mass is 559 g/mol. The van der Waals surface area contributed by atoms with Gasteiger partial charge in [-0.2, -0.15) is 18.3 Å². The average Bonchev–Trinajstić information content (AvgIpc) is 3.34. The smallest absolute Gasteiger partial charge is 0.433 e. The molecule has 5 rings (SSSR count). The fourth-order valence-electron chi connectivity index (χ4n) is 5.03. The van der Waals surface area contributed by atoms with Crippen LogP contribution in [0, 0.1) is 0 Å². The van der Waals surface area contributed by atoms with E-state index in [1.54, 1.807) is 27.9 Å². The predicted molar refractivity (Wildman–Crippen MR) is 140 cm³/mol. The topological polar surface area (TPSA) is 89.8 Å². The first-order chi connectivity index (χ1) is 19.3. The second-order valence-electron chi connectivity index (χ2n) is 10.1. The van der Waals surface area contributed by atoms with E-state index in [4.69, 9.17) is 9.47 Å². The number of fused-ring (bicyclic) bond motifs is 1. The lowest BCUT2D eigenvalue weighted by molar-refractivity contribution is -0.141. The Hall–Kier alpha value is -3.51. The zero-order valence-corrected chi connectivity index (χ0v) is 22.2. The van der Waals surface area contributed by atoms with Crippen molar-refractivity contribution >= 4 is 22.6 Å². The average molecular weight is 560 g/mol. The maximum absolute atomic E-state index is 13.2. The normalized spacial score (nSPS) is 16.8. The van der Waals surface area contributed by atoms with Crippen LogP contribution < -0.4 is 4.74 Å². The summed E-state index contributed by atoms with van der Waals surface area (Å²) in [4.78, 5) is 33.4. The lowest BCUT2D eigenvalue weighted by Crippen LogP contribution is -2.42. The molecule has 0 N–H and O–H groups in total. The van der Waals surface area contributed by atoms with Crippen LogP contribution in [0.3, 0.4) is 0 Å². The second-order valence-corrected chi connectivity index (χ2v) is 10.1. The van der Waals surface area contributed by atoms with Gasteiger partial charge in [-0.15, -0.1) is 0 Å². The molecule has 214 valence electrons. The minimum Gasteiger partial charge on any atom is -0.492 e. The van der Waals surface area contributed by atoms with Gasteiger partial charge in [0.05, 0.1) is 18.7 Å². The van der Waals surface area contributed by atoms with Crippen LogP contribution in [0.4, 0.5) is 13.2 Å². The van der Waals surface area contributed by atoms with Crippen molar-refractivity contribution in [1.29, 1.82) is 0 Å². The summed E-state index contributed by atoms with van der Waals surface area (Å²) in [7, 11) is 0. The molecule has 0 radical (unpaired) electrons. The van der Waals surface area contributed by atoms with Gasteiger partial charge < -0.3 is 14.4 Å². The van der Waals surface area contributed by atoms with Crippen molar-refractivity contribution < 1.29 is 32.2 Å². The van der Waals surface area contributed by atoms with Crippen LogP contribution in [0.15, 0.2) is 36.5 Å². The molecule has 9 nitrogen and oxygen atoms in total. The summed E-state index contributed by atoms with van der Waals surface area (Å²) >= 11 is 0. The lowest BCUT2D eigenvalue weighted by Gasteiger charge is -2.26. The van der Waals surface area contributed by atoms with E-state index >= 15 is 0 Å². The van der Waals surface area contributed by atoms with E-state index in [1.165, 1.54) is 18.6 Å². The van der Waals surface area contributed by atoms with Gasteiger partial charge >= 0.3 is 6.18 Å². The molecule has 0 unspecified atom stereocenters. The molecule has 1 amide bonds. The molecule has 2 saturated heterocycles. The van der Waals surface area contributed by atoms with Crippen molar-refractivity contribution in [3.63, 3.8) is 0 Å². The molecule has 3 aromatic rings. The minimum atomic E-state index is -4.65. The Bertz CT molecular complexity index is 1350. The van der Waals surface area contributed by atoms with Crippen LogP contribution in [0.5, 0.6) is 5.75 Å². The summed E-state index contributed by atoms with van der Waals surface area (Å²) in [6.07, 6.45) is 0.404. The Labute approximate surface area is 229 Å². The fraction of sp³-hybridized carbons (Fsp3) is 0.500. The third-order valence-electron chi connectivity index (χ3n) is 7.19. The number of alkyl halides is 3. The van der Waals surface area contributed by atoms with Crippen LogP contribution in [-0.4, -0.2) is 88.8 Å². The molecule has 2 aliphatic rings. The second kappa shape index (κ2) is 12.3. The Kier molecular flexibility index (Phi) is 8.65. The number of benzene rings is 1. The van der Waals surface area contributed by atoms with Gasteiger partial charge in [0.15, 0.2) is 5.78 Å². The SMILES string of the molecule is O=C(Cc1cc2cn(CC(=O)N3CCOCC3)nc2cc1OCCN1CCCCC1)c1cccc(C(F)(F)F)n1. The highest BCUT2D eigenvalue weighted by atomic mass is 19.4. The van der Waals surface area contributed by atoms with Crippen molar-refractivity contribution in [3.05, 3.63) is 53.5 Å². The molecular formula is C28H32F3N5O4. The number of nitrogens with zero attached hydrogens (tertiary/aromatic N) is 5. The molecule has 12 heteroatoms. The van der Waals surface area contributed by atoms with Gasteiger partial charge in [0, 0.05) is 49.3 Å². The summed E-state index contributed by atoms with van der Waals surface area (Å²) in [5.74, 6) is -0.184. The number of rotatable bonds is 9. The van der Waals surface area contributed by atoms with Crippen molar-refractivity contribution in [3.8, 4) is 5.75 Å². The van der Waals surface area contributed by atoms with Gasteiger partial charge in [0.25, 0.3) is 0 Å². The molecule has 0 saturated carbocycles. The summed E-state index contributed by atoms with van der Waals surface area (Å²) in [6.45, 7) is 5.27. The van der Waals surface area contributed by atoms with Gasteiger partial charge in [-0.25, -0.2) is 4.98 Å². The molecule has 40 heavy (non-hydrogen) atoms. The van der Waals surface area contributed by atoms with Crippen molar-refractivity contribution in [2.24, 2.45) is 0 Å². The number of piperidine rings is 1. The highest BCUT2D eigenvalue weighted by Crippen LogP contribution is 2.29. The van der Waals surface area contributed by atoms with Crippen molar-refractivity contribution in [1.82, 2.24) is 24.6 Å². The minimum absolute atomic E-state index is 0.0578. The Morgan fingerprint density at radius 2 is 1.80 bits per heavy atom. The van der Waals surface area contributed by atoms with Crippen LogP contribution in [0.2, 0.25) is 0 Å². The number of halogens is 3. The molecule has 2 aromatic heterocycles. The molecule has 2 aliphatic heterocycles. The number of hydrogen-bond donors (Lipinski definition) is 0. The number of ether oxygens (including phenoxy) is 2. The zero-order valence-electron chi connectivity index (χ0n) is 22.2. The van der Waals surface area contributed by atoms with Crippen molar-refractivity contribution in [2.75, 3.05) is 52.5 Å². The summed E-state index contributed by atoms with van der Waals surface area (Å²) in [5.41, 5.74) is -0.260. The number of ketones is 1. The molecule has 4 heterocycles. The number of aromatic nitrogens is 3. The number of hydrogen-bond acceptors (Lipinski definition) is 7. The first-order valence-corrected chi connectivity index (χ1v) is 13.5. The van der Waals surface area contributed by atoms with Crippen LogP contribution in [0.25, 0.3) is 10.9 Å². The maximum atomic E-state index is 13.2. The summed E-state index contributed by atoms with van der Waals surface area (Å²) in [6, 6.07) is 6.77. The molecule has 0 bridgehead atoms. The van der Waals surface area contributed by atoms with Crippen LogP contribution in [-0.2, 0) is 28.7 Å². The Balaban J connectivity index is 1.37. The molecule has 2 fully saturated rings. The van der Waals surface area contributed by atoms with E-state index in [0.29, 0.717) is 55.1 Å². The van der Waals surface area contributed by atoms with E-state index in [-0.39, 0.29) is 24.6 Å². The van der Waals surface area contributed by atoms with Gasteiger partial charge in [-0.1, -0.05) is 12.5 Å². The summed E-state index contributed by atoms with van der Waals surface area (Å²) in [5, 5.41) is 5.24. The number of pyridine rings is 1. The highest BCUT2D eigenvalue weighted by molar-refractivity contribution is 5.97.